The predicted molar refractivity (Wildman–Crippen MR) is 154 cm³/mol. The van der Waals surface area contributed by atoms with Gasteiger partial charge in [-0.15, -0.1) is 0 Å². The van der Waals surface area contributed by atoms with Crippen molar-refractivity contribution < 1.29 is 14.6 Å². The van der Waals surface area contributed by atoms with E-state index in [1.165, 1.54) is 24.0 Å². The van der Waals surface area contributed by atoms with Crippen LogP contribution in [-0.2, 0) is 23.1 Å². The van der Waals surface area contributed by atoms with E-state index in [0.29, 0.717) is 28.9 Å². The van der Waals surface area contributed by atoms with E-state index >= 15 is 0 Å². The van der Waals surface area contributed by atoms with Gasteiger partial charge in [-0.25, -0.2) is 0 Å². The minimum absolute atomic E-state index is 0.0761. The van der Waals surface area contributed by atoms with Gasteiger partial charge in [-0.2, -0.15) is 0 Å². The second-order valence-electron chi connectivity index (χ2n) is 13.1. The Morgan fingerprint density at radius 1 is 1.15 bits per heavy atom. The molecule has 3 aliphatic carbocycles. The second-order valence-corrected chi connectivity index (χ2v) is 13.9. The maximum absolute atomic E-state index is 14.0. The van der Waals surface area contributed by atoms with Crippen molar-refractivity contribution in [1.82, 2.24) is 9.80 Å². The topological polar surface area (TPSA) is 53.0 Å². The molecule has 0 aromatic heterocycles. The van der Waals surface area contributed by atoms with E-state index in [2.05, 4.69) is 41.8 Å². The lowest BCUT2D eigenvalue weighted by Crippen LogP contribution is -2.78. The molecule has 208 valence electrons. The fourth-order valence-corrected chi connectivity index (χ4v) is 8.81. The first-order valence-corrected chi connectivity index (χ1v) is 15.5. The number of rotatable bonds is 7. The summed E-state index contributed by atoms with van der Waals surface area (Å²) in [5.41, 5.74) is 2.08. The number of carbonyl (C=O) groups is 1. The van der Waals surface area contributed by atoms with Crippen LogP contribution in [0.2, 0.25) is 10.0 Å². The molecule has 5 aliphatic rings. The number of hydrogen-bond acceptors (Lipinski definition) is 4. The van der Waals surface area contributed by atoms with Gasteiger partial charge in [0.1, 0.15) is 11.9 Å². The highest BCUT2D eigenvalue weighted by Crippen LogP contribution is 2.64. The van der Waals surface area contributed by atoms with Crippen molar-refractivity contribution in [2.45, 2.75) is 88.0 Å². The number of aliphatic hydroxyl groups is 1. The maximum atomic E-state index is 14.0. The van der Waals surface area contributed by atoms with Gasteiger partial charge in [-0.05, 0) is 86.2 Å². The molecule has 0 radical (unpaired) electrons. The lowest BCUT2D eigenvalue weighted by atomic mass is 9.48. The molecule has 2 saturated carbocycles. The molecule has 3 fully saturated rings. The van der Waals surface area contributed by atoms with Crippen molar-refractivity contribution in [1.29, 1.82) is 0 Å². The first-order valence-electron chi connectivity index (χ1n) is 14.7. The van der Waals surface area contributed by atoms with E-state index in [1.807, 2.05) is 6.07 Å². The molecule has 0 unspecified atom stereocenters. The Morgan fingerprint density at radius 2 is 1.97 bits per heavy atom. The van der Waals surface area contributed by atoms with Crippen molar-refractivity contribution in [3.05, 3.63) is 63.1 Å². The molecule has 5 nitrogen and oxygen atoms in total. The number of benzene rings is 2. The van der Waals surface area contributed by atoms with Crippen LogP contribution in [0.15, 0.2) is 36.4 Å². The molecule has 1 N–H and O–H groups in total. The summed E-state index contributed by atoms with van der Waals surface area (Å²) in [6.07, 6.45) is 5.80. The summed E-state index contributed by atoms with van der Waals surface area (Å²) >= 11 is 12.4. The van der Waals surface area contributed by atoms with Gasteiger partial charge in [0.05, 0.1) is 33.5 Å². The second kappa shape index (κ2) is 9.37. The minimum atomic E-state index is -0.850. The van der Waals surface area contributed by atoms with E-state index in [1.54, 1.807) is 12.1 Å². The fraction of sp³-hybridized carbons (Fsp3) is 0.594. The van der Waals surface area contributed by atoms with Crippen LogP contribution >= 0.6 is 23.2 Å². The average Bonchev–Trinajstić information content (AvgIpc) is 3.64. The normalized spacial score (nSPS) is 32.6. The molecule has 2 aromatic carbocycles. The molecule has 2 heterocycles. The van der Waals surface area contributed by atoms with Crippen LogP contribution in [0.1, 0.15) is 62.6 Å². The van der Waals surface area contributed by atoms with E-state index in [9.17, 15) is 9.90 Å². The van der Waals surface area contributed by atoms with Crippen molar-refractivity contribution in [2.75, 3.05) is 19.6 Å². The summed E-state index contributed by atoms with van der Waals surface area (Å²) in [4.78, 5) is 18.7. The molecule has 5 atom stereocenters. The van der Waals surface area contributed by atoms with Crippen LogP contribution in [0.5, 0.6) is 5.75 Å². The number of nitrogens with zero attached hydrogens (tertiary/aromatic N) is 2. The highest BCUT2D eigenvalue weighted by Gasteiger charge is 2.73. The van der Waals surface area contributed by atoms with E-state index in [4.69, 9.17) is 27.9 Å². The average molecular weight is 570 g/mol. The number of halogens is 2. The lowest BCUT2D eigenvalue weighted by molar-refractivity contribution is -0.202. The largest absolute Gasteiger partial charge is 0.487 e. The number of ether oxygens (including phenoxy) is 1. The van der Waals surface area contributed by atoms with Gasteiger partial charge in [-0.3, -0.25) is 9.69 Å². The Labute approximate surface area is 241 Å². The monoisotopic (exact) mass is 568 g/mol. The van der Waals surface area contributed by atoms with Crippen LogP contribution in [0.4, 0.5) is 0 Å². The van der Waals surface area contributed by atoms with Gasteiger partial charge in [0, 0.05) is 24.7 Å². The first kappa shape index (κ1) is 26.1. The third kappa shape index (κ3) is 3.98. The number of carbonyl (C=O) groups excluding carboxylic acids is 1. The quantitative estimate of drug-likeness (QED) is 0.468. The molecule has 7 heteroatoms. The van der Waals surface area contributed by atoms with Crippen LogP contribution in [0.3, 0.4) is 0 Å². The van der Waals surface area contributed by atoms with Crippen LogP contribution in [-0.4, -0.2) is 64.2 Å². The van der Waals surface area contributed by atoms with E-state index in [0.717, 1.165) is 49.6 Å². The minimum Gasteiger partial charge on any atom is -0.487 e. The lowest BCUT2D eigenvalue weighted by Gasteiger charge is -2.65. The van der Waals surface area contributed by atoms with E-state index in [-0.39, 0.29) is 30.5 Å². The molecule has 2 aliphatic heterocycles. The molecule has 39 heavy (non-hydrogen) atoms. The van der Waals surface area contributed by atoms with Gasteiger partial charge in [-0.1, -0.05) is 55.2 Å². The number of hydrogen-bond donors (Lipinski definition) is 1. The number of amides is 1. The van der Waals surface area contributed by atoms with Crippen molar-refractivity contribution in [3.63, 3.8) is 0 Å². The van der Waals surface area contributed by atoms with Gasteiger partial charge >= 0.3 is 0 Å². The van der Waals surface area contributed by atoms with Gasteiger partial charge < -0.3 is 14.7 Å². The molecule has 1 spiro atoms. The molecule has 1 saturated heterocycles. The van der Waals surface area contributed by atoms with E-state index < -0.39 is 11.0 Å². The Balaban J connectivity index is 1.26. The molecule has 2 bridgehead atoms. The summed E-state index contributed by atoms with van der Waals surface area (Å²) < 4.78 is 6.87. The van der Waals surface area contributed by atoms with Crippen LogP contribution in [0.25, 0.3) is 0 Å². The summed E-state index contributed by atoms with van der Waals surface area (Å²) in [6.45, 7) is 7.04. The van der Waals surface area contributed by atoms with Crippen molar-refractivity contribution >= 4 is 29.1 Å². The third-order valence-electron chi connectivity index (χ3n) is 10.3. The third-order valence-corrected chi connectivity index (χ3v) is 11.0. The van der Waals surface area contributed by atoms with Crippen LogP contribution in [0, 0.1) is 11.8 Å². The summed E-state index contributed by atoms with van der Waals surface area (Å²) in [7, 11) is 0. The Bertz CT molecular complexity index is 1310. The molecule has 7 rings (SSSR count). The summed E-state index contributed by atoms with van der Waals surface area (Å²) in [6, 6.07) is 11.9. The van der Waals surface area contributed by atoms with Crippen LogP contribution < -0.4 is 4.74 Å². The molecular formula is C32H38Cl2N2O3. The molecule has 1 amide bonds. The van der Waals surface area contributed by atoms with Gasteiger partial charge in [0.25, 0.3) is 0 Å². The Kier molecular flexibility index (Phi) is 6.28. The fourth-order valence-electron chi connectivity index (χ4n) is 8.49. The van der Waals surface area contributed by atoms with Crippen molar-refractivity contribution in [3.8, 4) is 5.75 Å². The summed E-state index contributed by atoms with van der Waals surface area (Å²) in [5.74, 6) is 2.08. The van der Waals surface area contributed by atoms with Gasteiger partial charge in [0.15, 0.2) is 0 Å². The SMILES string of the molecule is CC(C)CN(C(=O)Cc1ccc(Cl)c(Cl)c1)[C@@H]1CC[C@@]2(O)[C@H]3Cc4cccc5c4[C@@]2(CCN3CC2CC2)[C@H]1O5. The smallest absolute Gasteiger partial charge is 0.227 e. The standard InChI is InChI=1S/C32H38Cl2N2O3/c1-19(2)17-36(28(37)15-21-8-9-23(33)24(34)14-21)25-10-11-32(38)27-16-22-4-3-5-26-29(22)31(32,30(25)39-26)12-13-35(27)18-20-6-7-20/h3-5,8-9,14,19-20,25,27,30,38H,6-7,10-13,15-18H2,1-2H3/t25-,27-,30+,31+,32-/m1/s1. The Hall–Kier alpha value is -1.79. The molecular weight excluding hydrogens is 531 g/mol. The first-order chi connectivity index (χ1) is 18.7. The zero-order valence-electron chi connectivity index (χ0n) is 22.8. The number of likely N-dealkylation sites (tertiary alicyclic amines) is 1. The zero-order valence-corrected chi connectivity index (χ0v) is 24.3. The molecule has 2 aromatic rings. The number of piperidine rings is 1. The zero-order chi connectivity index (χ0) is 27.1. The predicted octanol–water partition coefficient (Wildman–Crippen LogP) is 5.65. The highest BCUT2D eigenvalue weighted by molar-refractivity contribution is 6.42. The van der Waals surface area contributed by atoms with Gasteiger partial charge in [0.2, 0.25) is 5.91 Å². The highest BCUT2D eigenvalue weighted by atomic mass is 35.5. The van der Waals surface area contributed by atoms with Crippen molar-refractivity contribution in [2.24, 2.45) is 11.8 Å². The maximum Gasteiger partial charge on any atom is 0.227 e. The summed E-state index contributed by atoms with van der Waals surface area (Å²) in [5, 5.41) is 13.7. The Morgan fingerprint density at radius 3 is 2.72 bits per heavy atom.